The van der Waals surface area contributed by atoms with Gasteiger partial charge in [0.1, 0.15) is 11.2 Å². The molecule has 10 rings (SSSR count). The normalized spacial score (nSPS) is 13.4. The molecule has 0 atom stereocenters. The van der Waals surface area contributed by atoms with E-state index in [1.165, 1.54) is 38.4 Å². The molecule has 226 valence electrons. The molecule has 0 amide bonds. The van der Waals surface area contributed by atoms with Crippen molar-refractivity contribution in [2.75, 3.05) is 0 Å². The van der Waals surface area contributed by atoms with E-state index in [2.05, 4.69) is 92.7 Å². The average molecular weight is 616 g/mol. The minimum Gasteiger partial charge on any atom is -0.455 e. The lowest BCUT2D eigenvalue weighted by molar-refractivity contribution is 0.661. The van der Waals surface area contributed by atoms with Crippen molar-refractivity contribution in [3.8, 4) is 45.3 Å². The van der Waals surface area contributed by atoms with Crippen LogP contribution in [0.2, 0.25) is 0 Å². The van der Waals surface area contributed by atoms with E-state index in [0.29, 0.717) is 17.5 Å². The van der Waals surface area contributed by atoms with E-state index in [1.54, 1.807) is 0 Å². The Labute approximate surface area is 277 Å². The van der Waals surface area contributed by atoms with Crippen molar-refractivity contribution >= 4 is 43.5 Å². The molecule has 0 saturated carbocycles. The Kier molecular flexibility index (Phi) is 5.59. The van der Waals surface area contributed by atoms with Crippen molar-refractivity contribution in [3.05, 3.63) is 151 Å². The molecule has 7 aromatic carbocycles. The number of rotatable bonds is 3. The monoisotopic (exact) mass is 615 g/mol. The van der Waals surface area contributed by atoms with Gasteiger partial charge in [0.05, 0.1) is 5.56 Å². The number of furan rings is 1. The van der Waals surface area contributed by atoms with Gasteiger partial charge in [-0.05, 0) is 68.1 Å². The number of benzene rings is 7. The van der Waals surface area contributed by atoms with Crippen LogP contribution in [-0.2, 0) is 5.41 Å². The molecule has 48 heavy (non-hydrogen) atoms. The van der Waals surface area contributed by atoms with Crippen LogP contribution < -0.4 is 0 Å². The molecule has 0 bridgehead atoms. The molecule has 9 aromatic rings. The average Bonchev–Trinajstić information content (AvgIpc) is 3.63. The molecule has 0 radical (unpaired) electrons. The molecular weight excluding hydrogens is 587 g/mol. The molecule has 4 nitrogen and oxygen atoms in total. The second kappa shape index (κ2) is 9.93. The SMILES string of the molecule is CC1(C)c2ccccc2-c2cc3ccc4c(-c5nc(-c6ccccc6)nc(-c6cccc7c6oc6ccccc67)n5)cccc4c3cc21. The van der Waals surface area contributed by atoms with Gasteiger partial charge in [-0.3, -0.25) is 0 Å². The summed E-state index contributed by atoms with van der Waals surface area (Å²) in [5, 5.41) is 6.87. The Balaban J connectivity index is 1.21. The summed E-state index contributed by atoms with van der Waals surface area (Å²) in [4.78, 5) is 15.3. The fourth-order valence-electron chi connectivity index (χ4n) is 7.74. The molecule has 0 fully saturated rings. The molecule has 0 saturated heterocycles. The van der Waals surface area contributed by atoms with Crippen LogP contribution in [0.4, 0.5) is 0 Å². The Morgan fingerprint density at radius 1 is 0.438 bits per heavy atom. The van der Waals surface area contributed by atoms with Gasteiger partial charge >= 0.3 is 0 Å². The maximum atomic E-state index is 6.42. The number of nitrogens with zero attached hydrogens (tertiary/aromatic N) is 3. The number of fused-ring (bicyclic) bond motifs is 9. The fraction of sp³-hybridized carbons (Fsp3) is 0.0682. The van der Waals surface area contributed by atoms with Crippen molar-refractivity contribution in [2.24, 2.45) is 0 Å². The molecular formula is C44H29N3O. The van der Waals surface area contributed by atoms with Crippen LogP contribution in [0.15, 0.2) is 144 Å². The zero-order valence-electron chi connectivity index (χ0n) is 26.5. The van der Waals surface area contributed by atoms with Gasteiger partial charge in [-0.15, -0.1) is 0 Å². The lowest BCUT2D eigenvalue weighted by Gasteiger charge is -2.22. The topological polar surface area (TPSA) is 51.8 Å². The van der Waals surface area contributed by atoms with Gasteiger partial charge in [0.15, 0.2) is 17.5 Å². The number of para-hydroxylation sites is 2. The zero-order valence-corrected chi connectivity index (χ0v) is 26.5. The van der Waals surface area contributed by atoms with Crippen molar-refractivity contribution in [3.63, 3.8) is 0 Å². The molecule has 2 heterocycles. The highest BCUT2D eigenvalue weighted by Gasteiger charge is 2.35. The second-order valence-corrected chi connectivity index (χ2v) is 13.2. The fourth-order valence-corrected chi connectivity index (χ4v) is 7.74. The molecule has 1 aliphatic carbocycles. The van der Waals surface area contributed by atoms with Crippen molar-refractivity contribution in [1.29, 1.82) is 0 Å². The summed E-state index contributed by atoms with van der Waals surface area (Å²) in [5.74, 6) is 1.84. The molecule has 1 aliphatic rings. The second-order valence-electron chi connectivity index (χ2n) is 13.2. The molecule has 4 heteroatoms. The largest absolute Gasteiger partial charge is 0.455 e. The van der Waals surface area contributed by atoms with E-state index in [1.807, 2.05) is 60.7 Å². The Morgan fingerprint density at radius 3 is 1.98 bits per heavy atom. The predicted octanol–water partition coefficient (Wildman–Crippen LogP) is 11.4. The van der Waals surface area contributed by atoms with Crippen molar-refractivity contribution in [2.45, 2.75) is 19.3 Å². The number of aromatic nitrogens is 3. The lowest BCUT2D eigenvalue weighted by atomic mass is 9.81. The summed E-state index contributed by atoms with van der Waals surface area (Å²) >= 11 is 0. The van der Waals surface area contributed by atoms with Gasteiger partial charge in [-0.25, -0.2) is 15.0 Å². The van der Waals surface area contributed by atoms with Crippen LogP contribution in [0.5, 0.6) is 0 Å². The highest BCUT2D eigenvalue weighted by molar-refractivity contribution is 6.13. The smallest absolute Gasteiger partial charge is 0.167 e. The standard InChI is InChI=1S/C44H29N3O/c1-44(2)37-20-8-6-14-30(37)36-24-27-22-23-29-28(35(27)25-38(36)44)16-10-18-33(29)42-45-41(26-12-4-3-5-13-26)46-43(47-42)34-19-11-17-32-31-15-7-9-21-39(31)48-40(32)34/h3-25H,1-2H3. The third-order valence-electron chi connectivity index (χ3n) is 10.1. The van der Waals surface area contributed by atoms with E-state index in [-0.39, 0.29) is 5.41 Å². The van der Waals surface area contributed by atoms with Crippen LogP contribution in [0, 0.1) is 0 Å². The highest BCUT2D eigenvalue weighted by Crippen LogP contribution is 2.50. The molecule has 2 aromatic heterocycles. The minimum atomic E-state index is -0.0781. The van der Waals surface area contributed by atoms with Crippen LogP contribution in [0.1, 0.15) is 25.0 Å². The van der Waals surface area contributed by atoms with Gasteiger partial charge in [-0.2, -0.15) is 0 Å². The van der Waals surface area contributed by atoms with Crippen molar-refractivity contribution < 1.29 is 4.42 Å². The molecule has 0 unspecified atom stereocenters. The maximum Gasteiger partial charge on any atom is 0.167 e. The van der Waals surface area contributed by atoms with E-state index in [0.717, 1.165) is 44.0 Å². The first-order valence-electron chi connectivity index (χ1n) is 16.4. The van der Waals surface area contributed by atoms with Crippen LogP contribution in [0.25, 0.3) is 88.8 Å². The highest BCUT2D eigenvalue weighted by atomic mass is 16.3. The summed E-state index contributed by atoms with van der Waals surface area (Å²) in [6.07, 6.45) is 0. The van der Waals surface area contributed by atoms with Crippen LogP contribution >= 0.6 is 0 Å². The zero-order chi connectivity index (χ0) is 32.0. The third-order valence-corrected chi connectivity index (χ3v) is 10.1. The van der Waals surface area contributed by atoms with Gasteiger partial charge in [0, 0.05) is 27.3 Å². The summed E-state index contributed by atoms with van der Waals surface area (Å²) in [6.45, 7) is 4.67. The first kappa shape index (κ1) is 27.0. The first-order chi connectivity index (χ1) is 23.5. The van der Waals surface area contributed by atoms with Crippen LogP contribution in [-0.4, -0.2) is 15.0 Å². The Bertz CT molecular complexity index is 2760. The molecule has 0 spiro atoms. The maximum absolute atomic E-state index is 6.42. The number of hydrogen-bond acceptors (Lipinski definition) is 4. The van der Waals surface area contributed by atoms with E-state index < -0.39 is 0 Å². The van der Waals surface area contributed by atoms with E-state index in [4.69, 9.17) is 19.4 Å². The van der Waals surface area contributed by atoms with Gasteiger partial charge in [0.2, 0.25) is 0 Å². The Hall–Kier alpha value is -6.13. The Morgan fingerprint density at radius 2 is 1.10 bits per heavy atom. The minimum absolute atomic E-state index is 0.0781. The van der Waals surface area contributed by atoms with Crippen LogP contribution in [0.3, 0.4) is 0 Å². The van der Waals surface area contributed by atoms with Crippen molar-refractivity contribution in [1.82, 2.24) is 15.0 Å². The molecule has 0 N–H and O–H groups in total. The predicted molar refractivity (Wildman–Crippen MR) is 196 cm³/mol. The first-order valence-corrected chi connectivity index (χ1v) is 16.4. The number of hydrogen-bond donors (Lipinski definition) is 0. The summed E-state index contributed by atoms with van der Waals surface area (Å²) in [5.41, 5.74) is 9.68. The lowest BCUT2D eigenvalue weighted by Crippen LogP contribution is -2.14. The summed E-state index contributed by atoms with van der Waals surface area (Å²) in [6, 6.07) is 48.9. The van der Waals surface area contributed by atoms with Gasteiger partial charge < -0.3 is 4.42 Å². The van der Waals surface area contributed by atoms with E-state index in [9.17, 15) is 0 Å². The molecule has 0 aliphatic heterocycles. The summed E-state index contributed by atoms with van der Waals surface area (Å²) in [7, 11) is 0. The van der Waals surface area contributed by atoms with E-state index >= 15 is 0 Å². The van der Waals surface area contributed by atoms with Gasteiger partial charge in [-0.1, -0.05) is 129 Å². The quantitative estimate of drug-likeness (QED) is 0.186. The summed E-state index contributed by atoms with van der Waals surface area (Å²) < 4.78 is 6.42. The van der Waals surface area contributed by atoms with Gasteiger partial charge in [0.25, 0.3) is 0 Å². The third kappa shape index (κ3) is 3.86.